The van der Waals surface area contributed by atoms with E-state index in [4.69, 9.17) is 0 Å². The second-order valence-corrected chi connectivity index (χ2v) is 9.16. The van der Waals surface area contributed by atoms with Crippen molar-refractivity contribution in [2.24, 2.45) is 0 Å². The van der Waals surface area contributed by atoms with Crippen LogP contribution in [0, 0.1) is 13.8 Å². The Morgan fingerprint density at radius 2 is 1.17 bits per heavy atom. The third kappa shape index (κ3) is 3.19. The molecule has 0 aromatic heterocycles. The molecule has 0 bridgehead atoms. The largest absolute Gasteiger partial charge is 0.606 e. The summed E-state index contributed by atoms with van der Waals surface area (Å²) in [6, 6.07) is 33.3. The molecule has 0 heterocycles. The minimum Gasteiger partial charge on any atom is -0.606 e. The average Bonchev–Trinajstić information content (AvgIpc) is 2.78. The van der Waals surface area contributed by atoms with Gasteiger partial charge in [0.1, 0.15) is 0 Å². The van der Waals surface area contributed by atoms with E-state index in [1.54, 1.807) is 0 Å². The Morgan fingerprint density at radius 1 is 0.567 bits per heavy atom. The monoisotopic (exact) mass is 406 g/mol. The fourth-order valence-corrected chi connectivity index (χ4v) is 5.55. The lowest BCUT2D eigenvalue weighted by atomic mass is 9.92. The lowest BCUT2D eigenvalue weighted by molar-refractivity contribution is 0.596. The van der Waals surface area contributed by atoms with Gasteiger partial charge in [-0.25, -0.2) is 0 Å². The number of benzene rings is 5. The molecule has 0 N–H and O–H groups in total. The normalized spacial score (nSPS) is 12.4. The third-order valence-electron chi connectivity index (χ3n) is 5.62. The molecule has 0 amide bonds. The van der Waals surface area contributed by atoms with E-state index >= 15 is 0 Å². The van der Waals surface area contributed by atoms with Crippen LogP contribution in [0.1, 0.15) is 11.1 Å². The molecule has 0 radical (unpaired) electrons. The van der Waals surface area contributed by atoms with Crippen molar-refractivity contribution in [3.05, 3.63) is 108 Å². The number of hydrogen-bond acceptors (Lipinski definition) is 1. The van der Waals surface area contributed by atoms with Gasteiger partial charge in [-0.2, -0.15) is 0 Å². The molecule has 0 saturated heterocycles. The molecule has 0 aliphatic carbocycles. The first-order chi connectivity index (χ1) is 14.6. The molecule has 0 saturated carbocycles. The zero-order valence-corrected chi connectivity index (χ0v) is 17.9. The zero-order valence-electron chi connectivity index (χ0n) is 17.1. The summed E-state index contributed by atoms with van der Waals surface area (Å²) in [5, 5.41) is 4.53. The summed E-state index contributed by atoms with van der Waals surface area (Å²) in [4.78, 5) is 1.72. The van der Waals surface area contributed by atoms with Crippen LogP contribution in [0.3, 0.4) is 0 Å². The van der Waals surface area contributed by atoms with Gasteiger partial charge >= 0.3 is 0 Å². The fourth-order valence-electron chi connectivity index (χ4n) is 4.14. The van der Waals surface area contributed by atoms with Gasteiger partial charge in [-0.05, 0) is 53.8 Å². The van der Waals surface area contributed by atoms with Crippen LogP contribution in [-0.2, 0) is 11.2 Å². The summed E-state index contributed by atoms with van der Waals surface area (Å²) in [6.07, 6.45) is 0. The van der Waals surface area contributed by atoms with E-state index < -0.39 is 11.2 Å². The molecule has 0 aliphatic heterocycles. The fraction of sp³-hybridized carbons (Fsp3) is 0.0714. The Balaban J connectivity index is 1.95. The molecule has 5 aromatic rings. The highest BCUT2D eigenvalue weighted by molar-refractivity contribution is 7.92. The van der Waals surface area contributed by atoms with Crippen molar-refractivity contribution >= 4 is 32.7 Å². The molecule has 146 valence electrons. The first-order valence-electron chi connectivity index (χ1n) is 10.1. The van der Waals surface area contributed by atoms with E-state index in [0.29, 0.717) is 0 Å². The highest BCUT2D eigenvalue weighted by atomic mass is 32.2. The van der Waals surface area contributed by atoms with Gasteiger partial charge in [0.2, 0.25) is 0 Å². The predicted octanol–water partition coefficient (Wildman–Crippen LogP) is 7.44. The van der Waals surface area contributed by atoms with Crippen LogP contribution in [0.2, 0.25) is 0 Å². The van der Waals surface area contributed by atoms with E-state index in [2.05, 4.69) is 62.4 Å². The summed E-state index contributed by atoms with van der Waals surface area (Å²) < 4.78 is 14.0. The van der Waals surface area contributed by atoms with Crippen molar-refractivity contribution in [1.29, 1.82) is 0 Å². The van der Waals surface area contributed by atoms with Gasteiger partial charge in [-0.3, -0.25) is 0 Å². The maximum atomic E-state index is 14.0. The van der Waals surface area contributed by atoms with Gasteiger partial charge < -0.3 is 4.55 Å². The summed E-state index contributed by atoms with van der Waals surface area (Å²) in [7, 11) is 0. The van der Waals surface area contributed by atoms with Gasteiger partial charge in [-0.1, -0.05) is 90.0 Å². The van der Waals surface area contributed by atoms with Crippen LogP contribution in [0.15, 0.2) is 107 Å². The van der Waals surface area contributed by atoms with Crippen LogP contribution in [0.4, 0.5) is 0 Å². The quantitative estimate of drug-likeness (QED) is 0.225. The SMILES string of the molecule is Cc1ccc([S+]([O-])c2c(-c3ccccc3)c3cc(C)ccc3c3ccccc23)cc1. The summed E-state index contributed by atoms with van der Waals surface area (Å²) >= 11 is -1.30. The van der Waals surface area contributed by atoms with E-state index in [0.717, 1.165) is 42.6 Å². The Kier molecular flexibility index (Phi) is 4.82. The van der Waals surface area contributed by atoms with Crippen LogP contribution in [0.5, 0.6) is 0 Å². The van der Waals surface area contributed by atoms with Crippen molar-refractivity contribution in [2.75, 3.05) is 0 Å². The van der Waals surface area contributed by atoms with Gasteiger partial charge in [0, 0.05) is 22.1 Å². The maximum absolute atomic E-state index is 14.0. The van der Waals surface area contributed by atoms with E-state index in [1.165, 1.54) is 10.9 Å². The van der Waals surface area contributed by atoms with Crippen LogP contribution >= 0.6 is 0 Å². The Bertz CT molecular complexity index is 1350. The highest BCUT2D eigenvalue weighted by Gasteiger charge is 2.26. The summed E-state index contributed by atoms with van der Waals surface area (Å²) in [6.45, 7) is 4.16. The first-order valence-corrected chi connectivity index (χ1v) is 11.3. The van der Waals surface area contributed by atoms with Gasteiger partial charge in [0.05, 0.1) is 0 Å². The van der Waals surface area contributed by atoms with Gasteiger partial charge in [-0.15, -0.1) is 0 Å². The van der Waals surface area contributed by atoms with E-state index in [-0.39, 0.29) is 0 Å². The zero-order chi connectivity index (χ0) is 20.7. The lowest BCUT2D eigenvalue weighted by Crippen LogP contribution is -2.06. The van der Waals surface area contributed by atoms with Crippen LogP contribution < -0.4 is 0 Å². The minimum absolute atomic E-state index is 0.829. The molecule has 2 heteroatoms. The number of fused-ring (bicyclic) bond motifs is 3. The lowest BCUT2D eigenvalue weighted by Gasteiger charge is -2.20. The smallest absolute Gasteiger partial charge is 0.174 e. The van der Waals surface area contributed by atoms with Crippen molar-refractivity contribution < 1.29 is 4.55 Å². The van der Waals surface area contributed by atoms with Crippen molar-refractivity contribution in [1.82, 2.24) is 0 Å². The summed E-state index contributed by atoms with van der Waals surface area (Å²) in [5.41, 5.74) is 4.52. The average molecular weight is 407 g/mol. The molecule has 5 rings (SSSR count). The molecule has 0 aliphatic rings. The molecular weight excluding hydrogens is 384 g/mol. The maximum Gasteiger partial charge on any atom is 0.174 e. The Hall–Kier alpha value is -3.07. The molecule has 0 fully saturated rings. The topological polar surface area (TPSA) is 23.1 Å². The van der Waals surface area contributed by atoms with Gasteiger partial charge in [0.15, 0.2) is 9.79 Å². The third-order valence-corrected chi connectivity index (χ3v) is 7.11. The van der Waals surface area contributed by atoms with Crippen molar-refractivity contribution in [2.45, 2.75) is 23.6 Å². The molecule has 30 heavy (non-hydrogen) atoms. The molecular formula is C28H22OS. The number of hydrogen-bond donors (Lipinski definition) is 0. The highest BCUT2D eigenvalue weighted by Crippen LogP contribution is 2.43. The molecule has 1 nitrogen and oxygen atoms in total. The molecule has 1 atom stereocenters. The standard InChI is InChI=1S/C28H22OS/c1-19-12-15-22(16-13-19)30(29)28-25-11-7-6-10-23(25)24-17-14-20(2)18-26(24)27(28)21-8-4-3-5-9-21/h3-18H,1-2H3. The Morgan fingerprint density at radius 3 is 1.90 bits per heavy atom. The number of rotatable bonds is 3. The molecule has 0 spiro atoms. The first kappa shape index (κ1) is 18.9. The predicted molar refractivity (Wildman–Crippen MR) is 127 cm³/mol. The number of aryl methyl sites for hydroxylation is 2. The van der Waals surface area contributed by atoms with Crippen LogP contribution in [0.25, 0.3) is 32.7 Å². The van der Waals surface area contributed by atoms with Gasteiger partial charge in [0.25, 0.3) is 0 Å². The van der Waals surface area contributed by atoms with E-state index in [9.17, 15) is 4.55 Å². The van der Waals surface area contributed by atoms with Crippen molar-refractivity contribution in [3.8, 4) is 11.1 Å². The second-order valence-electron chi connectivity index (χ2n) is 7.75. The molecule has 1 unspecified atom stereocenters. The van der Waals surface area contributed by atoms with E-state index in [1.807, 2.05) is 48.5 Å². The van der Waals surface area contributed by atoms with Crippen LogP contribution in [-0.4, -0.2) is 4.55 Å². The molecule has 5 aromatic carbocycles. The van der Waals surface area contributed by atoms with Crippen molar-refractivity contribution in [3.63, 3.8) is 0 Å². The second kappa shape index (κ2) is 7.64. The minimum atomic E-state index is -1.30. The Labute approximate surface area is 180 Å². The summed E-state index contributed by atoms with van der Waals surface area (Å²) in [5.74, 6) is 0.